The number of rotatable bonds is 8. The molecule has 1 amide bonds. The van der Waals surface area contributed by atoms with Gasteiger partial charge in [0, 0.05) is 19.2 Å². The summed E-state index contributed by atoms with van der Waals surface area (Å²) in [4.78, 5) is 13.8. The molecule has 0 spiro atoms. The van der Waals surface area contributed by atoms with Crippen LogP contribution in [0.15, 0.2) is 36.4 Å². The van der Waals surface area contributed by atoms with Gasteiger partial charge in [-0.25, -0.2) is 0 Å². The Bertz CT molecular complexity index is 606. The van der Waals surface area contributed by atoms with Crippen LogP contribution >= 0.6 is 0 Å². The highest BCUT2D eigenvalue weighted by molar-refractivity contribution is 5.88. The predicted octanol–water partition coefficient (Wildman–Crippen LogP) is 3.38. The Labute approximate surface area is 149 Å². The maximum atomic E-state index is 11.9. The molecule has 1 aliphatic rings. The van der Waals surface area contributed by atoms with Crippen molar-refractivity contribution in [3.8, 4) is 17.2 Å². The molecule has 1 heterocycles. The number of amides is 1. The van der Waals surface area contributed by atoms with Crippen LogP contribution in [0.25, 0.3) is 0 Å². The number of hydrogen-bond acceptors (Lipinski definition) is 4. The van der Waals surface area contributed by atoms with Crippen molar-refractivity contribution in [3.63, 3.8) is 0 Å². The van der Waals surface area contributed by atoms with Gasteiger partial charge in [0.05, 0.1) is 21.3 Å². The van der Waals surface area contributed by atoms with E-state index in [2.05, 4.69) is 6.08 Å². The zero-order chi connectivity index (χ0) is 18.1. The summed E-state index contributed by atoms with van der Waals surface area (Å²) in [6, 6.07) is 3.92. The van der Waals surface area contributed by atoms with Crippen molar-refractivity contribution in [2.45, 2.75) is 25.7 Å². The molecule has 0 atom stereocenters. The van der Waals surface area contributed by atoms with Crippen LogP contribution in [0.2, 0.25) is 0 Å². The van der Waals surface area contributed by atoms with E-state index >= 15 is 0 Å². The van der Waals surface area contributed by atoms with Gasteiger partial charge in [0.15, 0.2) is 11.5 Å². The normalized spacial score (nSPS) is 14.4. The van der Waals surface area contributed by atoms with E-state index in [1.165, 1.54) is 0 Å². The molecule has 2 rings (SSSR count). The third-order valence-corrected chi connectivity index (χ3v) is 4.23. The SMILES string of the molecule is COc1cc(CC/C=C/C=C/C(=O)N2CCCC2)cc(OC)c1OC. The van der Waals surface area contributed by atoms with Crippen molar-refractivity contribution < 1.29 is 19.0 Å². The zero-order valence-corrected chi connectivity index (χ0v) is 15.3. The van der Waals surface area contributed by atoms with Gasteiger partial charge in [-0.2, -0.15) is 0 Å². The lowest BCUT2D eigenvalue weighted by Crippen LogP contribution is -2.25. The number of carbonyl (C=O) groups is 1. The summed E-state index contributed by atoms with van der Waals surface area (Å²) in [5.74, 6) is 2.04. The Morgan fingerprint density at radius 1 is 1.04 bits per heavy atom. The zero-order valence-electron chi connectivity index (χ0n) is 15.3. The summed E-state index contributed by atoms with van der Waals surface area (Å²) in [5, 5.41) is 0. The minimum atomic E-state index is 0.103. The Hall–Kier alpha value is -2.43. The fourth-order valence-electron chi connectivity index (χ4n) is 2.89. The summed E-state index contributed by atoms with van der Waals surface area (Å²) >= 11 is 0. The summed E-state index contributed by atoms with van der Waals surface area (Å²) < 4.78 is 16.1. The van der Waals surface area contributed by atoms with Crippen molar-refractivity contribution in [1.29, 1.82) is 0 Å². The molecular weight excluding hydrogens is 318 g/mol. The lowest BCUT2D eigenvalue weighted by Gasteiger charge is -2.13. The Morgan fingerprint density at radius 2 is 1.68 bits per heavy atom. The topological polar surface area (TPSA) is 48.0 Å². The highest BCUT2D eigenvalue weighted by Crippen LogP contribution is 2.38. The van der Waals surface area contributed by atoms with Gasteiger partial charge in [0.1, 0.15) is 0 Å². The fraction of sp³-hybridized carbons (Fsp3) is 0.450. The van der Waals surface area contributed by atoms with Gasteiger partial charge in [-0.3, -0.25) is 4.79 Å². The molecule has 1 aliphatic heterocycles. The molecule has 0 bridgehead atoms. The van der Waals surface area contributed by atoms with Crippen LogP contribution in [-0.2, 0) is 11.2 Å². The molecular formula is C20H27NO4. The molecule has 1 fully saturated rings. The summed E-state index contributed by atoms with van der Waals surface area (Å²) in [5.41, 5.74) is 1.11. The van der Waals surface area contributed by atoms with Gasteiger partial charge in [-0.1, -0.05) is 18.2 Å². The Morgan fingerprint density at radius 3 is 2.24 bits per heavy atom. The number of nitrogens with zero attached hydrogens (tertiary/aromatic N) is 1. The minimum Gasteiger partial charge on any atom is -0.493 e. The molecule has 5 heteroatoms. The maximum absolute atomic E-state index is 11.9. The smallest absolute Gasteiger partial charge is 0.246 e. The molecule has 0 N–H and O–H groups in total. The van der Waals surface area contributed by atoms with Crippen LogP contribution in [-0.4, -0.2) is 45.2 Å². The van der Waals surface area contributed by atoms with E-state index in [1.807, 2.05) is 29.2 Å². The van der Waals surface area contributed by atoms with Crippen LogP contribution < -0.4 is 14.2 Å². The lowest BCUT2D eigenvalue weighted by molar-refractivity contribution is -0.124. The van der Waals surface area contributed by atoms with Gasteiger partial charge < -0.3 is 19.1 Å². The van der Waals surface area contributed by atoms with Crippen molar-refractivity contribution >= 4 is 5.91 Å². The van der Waals surface area contributed by atoms with Crippen molar-refractivity contribution in [1.82, 2.24) is 4.90 Å². The van der Waals surface area contributed by atoms with Crippen molar-refractivity contribution in [2.24, 2.45) is 0 Å². The average Bonchev–Trinajstić information content (AvgIpc) is 3.18. The molecule has 25 heavy (non-hydrogen) atoms. The molecule has 5 nitrogen and oxygen atoms in total. The molecule has 1 saturated heterocycles. The second-order valence-corrected chi connectivity index (χ2v) is 5.89. The third-order valence-electron chi connectivity index (χ3n) is 4.23. The number of ether oxygens (including phenoxy) is 3. The predicted molar refractivity (Wildman–Crippen MR) is 98.5 cm³/mol. The van der Waals surface area contributed by atoms with Crippen LogP contribution in [0, 0.1) is 0 Å². The van der Waals surface area contributed by atoms with E-state index < -0.39 is 0 Å². The summed E-state index contributed by atoms with van der Waals surface area (Å²) in [6.45, 7) is 1.77. The summed E-state index contributed by atoms with van der Waals surface area (Å²) in [6.07, 6.45) is 11.4. The van der Waals surface area contributed by atoms with Crippen LogP contribution in [0.3, 0.4) is 0 Å². The largest absolute Gasteiger partial charge is 0.493 e. The van der Waals surface area contributed by atoms with E-state index in [4.69, 9.17) is 14.2 Å². The molecule has 1 aromatic carbocycles. The van der Waals surface area contributed by atoms with E-state index in [1.54, 1.807) is 27.4 Å². The number of allylic oxidation sites excluding steroid dienone is 3. The quantitative estimate of drug-likeness (QED) is 0.535. The van der Waals surface area contributed by atoms with E-state index in [0.29, 0.717) is 17.2 Å². The highest BCUT2D eigenvalue weighted by atomic mass is 16.5. The van der Waals surface area contributed by atoms with Crippen LogP contribution in [0.1, 0.15) is 24.8 Å². The number of benzene rings is 1. The van der Waals surface area contributed by atoms with Gasteiger partial charge >= 0.3 is 0 Å². The molecule has 0 unspecified atom stereocenters. The molecule has 0 saturated carbocycles. The number of likely N-dealkylation sites (tertiary alicyclic amines) is 1. The van der Waals surface area contributed by atoms with Crippen LogP contribution in [0.4, 0.5) is 0 Å². The van der Waals surface area contributed by atoms with Crippen molar-refractivity contribution in [3.05, 3.63) is 42.0 Å². The van der Waals surface area contributed by atoms with Gasteiger partial charge in [-0.05, 0) is 43.4 Å². The first-order valence-electron chi connectivity index (χ1n) is 8.60. The lowest BCUT2D eigenvalue weighted by atomic mass is 10.1. The molecule has 136 valence electrons. The van der Waals surface area contributed by atoms with E-state index in [0.717, 1.165) is 44.3 Å². The standard InChI is InChI=1S/C20H27NO4/c1-23-17-14-16(15-18(24-2)20(17)25-3)10-6-4-5-7-11-19(22)21-12-8-9-13-21/h4-5,7,11,14-15H,6,8-10,12-13H2,1-3H3/b5-4+,11-7+. The Kier molecular flexibility index (Phi) is 7.38. The second-order valence-electron chi connectivity index (χ2n) is 5.89. The monoisotopic (exact) mass is 345 g/mol. The van der Waals surface area contributed by atoms with Gasteiger partial charge in [-0.15, -0.1) is 0 Å². The third kappa shape index (κ3) is 5.28. The minimum absolute atomic E-state index is 0.103. The first-order valence-corrected chi connectivity index (χ1v) is 8.60. The maximum Gasteiger partial charge on any atom is 0.246 e. The number of methoxy groups -OCH3 is 3. The van der Waals surface area contributed by atoms with Crippen molar-refractivity contribution in [2.75, 3.05) is 34.4 Å². The first-order chi connectivity index (χ1) is 12.2. The highest BCUT2D eigenvalue weighted by Gasteiger charge is 2.14. The molecule has 1 aromatic rings. The number of carbonyl (C=O) groups excluding carboxylic acids is 1. The summed E-state index contributed by atoms with van der Waals surface area (Å²) in [7, 11) is 4.82. The van der Waals surface area contributed by atoms with E-state index in [9.17, 15) is 4.79 Å². The van der Waals surface area contributed by atoms with Gasteiger partial charge in [0.25, 0.3) is 0 Å². The van der Waals surface area contributed by atoms with Gasteiger partial charge in [0.2, 0.25) is 11.7 Å². The molecule has 0 aromatic heterocycles. The molecule has 0 radical (unpaired) electrons. The fourth-order valence-corrected chi connectivity index (χ4v) is 2.89. The number of aryl methyl sites for hydroxylation is 1. The Balaban J connectivity index is 1.87. The van der Waals surface area contributed by atoms with Crippen LogP contribution in [0.5, 0.6) is 17.2 Å². The first kappa shape index (κ1) is 18.9. The second kappa shape index (κ2) is 9.77. The average molecular weight is 345 g/mol. The number of hydrogen-bond donors (Lipinski definition) is 0. The molecule has 0 aliphatic carbocycles. The van der Waals surface area contributed by atoms with E-state index in [-0.39, 0.29) is 5.91 Å².